The maximum atomic E-state index is 11.1. The van der Waals surface area contributed by atoms with E-state index in [1.54, 1.807) is 24.3 Å². The van der Waals surface area contributed by atoms with E-state index < -0.39 is 12.0 Å². The summed E-state index contributed by atoms with van der Waals surface area (Å²) in [5, 5.41) is 14.8. The number of carboxylic acid groups (broad SMARTS) is 1. The lowest BCUT2D eigenvalue weighted by Gasteiger charge is -2.15. The van der Waals surface area contributed by atoms with Gasteiger partial charge in [-0.1, -0.05) is 6.07 Å². The Kier molecular flexibility index (Phi) is 3.50. The fourth-order valence-corrected chi connectivity index (χ4v) is 1.88. The molecule has 1 atom stereocenters. The van der Waals surface area contributed by atoms with E-state index in [1.165, 1.54) is 6.92 Å². The fourth-order valence-electron chi connectivity index (χ4n) is 1.88. The van der Waals surface area contributed by atoms with Crippen LogP contribution in [0.2, 0.25) is 0 Å². The molecule has 3 N–H and O–H groups in total. The van der Waals surface area contributed by atoms with Crippen molar-refractivity contribution < 1.29 is 14.7 Å². The van der Waals surface area contributed by atoms with E-state index in [2.05, 4.69) is 10.6 Å². The summed E-state index contributed by atoms with van der Waals surface area (Å²) < 4.78 is 0. The Morgan fingerprint density at radius 3 is 2.56 bits per heavy atom. The number of benzene rings is 1. The van der Waals surface area contributed by atoms with Crippen molar-refractivity contribution >= 4 is 23.3 Å². The minimum absolute atomic E-state index is 0.149. The van der Waals surface area contributed by atoms with Crippen LogP contribution in [-0.4, -0.2) is 23.0 Å². The molecule has 1 unspecified atom stereocenters. The molecule has 0 spiro atoms. The van der Waals surface area contributed by atoms with Crippen molar-refractivity contribution in [2.24, 2.45) is 5.92 Å². The Bertz CT molecular complexity index is 469. The highest BCUT2D eigenvalue weighted by atomic mass is 16.4. The van der Waals surface area contributed by atoms with Crippen molar-refractivity contribution in [3.63, 3.8) is 0 Å². The molecule has 96 valence electrons. The molecule has 0 saturated heterocycles. The normalized spacial score (nSPS) is 15.8. The molecular weight excluding hydrogens is 232 g/mol. The van der Waals surface area contributed by atoms with E-state index in [0.29, 0.717) is 11.4 Å². The molecule has 18 heavy (non-hydrogen) atoms. The molecule has 5 nitrogen and oxygen atoms in total. The molecule has 1 amide bonds. The zero-order chi connectivity index (χ0) is 13.1. The fraction of sp³-hybridized carbons (Fsp3) is 0.385. The van der Waals surface area contributed by atoms with Crippen LogP contribution in [-0.2, 0) is 9.59 Å². The van der Waals surface area contributed by atoms with Crippen molar-refractivity contribution in [2.75, 3.05) is 10.6 Å². The molecule has 2 rings (SSSR count). The summed E-state index contributed by atoms with van der Waals surface area (Å²) in [6, 6.07) is 6.53. The van der Waals surface area contributed by atoms with E-state index in [0.717, 1.165) is 12.8 Å². The smallest absolute Gasteiger partial charge is 0.326 e. The minimum atomic E-state index is -0.831. The minimum Gasteiger partial charge on any atom is -0.480 e. The average Bonchev–Trinajstić information content (AvgIpc) is 3.09. The predicted molar refractivity (Wildman–Crippen MR) is 68.5 cm³/mol. The highest BCUT2D eigenvalue weighted by Gasteiger charge is 2.36. The third-order valence-corrected chi connectivity index (χ3v) is 2.86. The summed E-state index contributed by atoms with van der Waals surface area (Å²) >= 11 is 0. The Morgan fingerprint density at radius 1 is 1.33 bits per heavy atom. The van der Waals surface area contributed by atoms with Crippen molar-refractivity contribution in [2.45, 2.75) is 25.8 Å². The van der Waals surface area contributed by atoms with Crippen molar-refractivity contribution in [3.05, 3.63) is 24.3 Å². The quantitative estimate of drug-likeness (QED) is 0.744. The van der Waals surface area contributed by atoms with E-state index in [4.69, 9.17) is 5.11 Å². The third kappa shape index (κ3) is 3.23. The van der Waals surface area contributed by atoms with Crippen molar-refractivity contribution in [1.29, 1.82) is 0 Å². The molecular formula is C13H16N2O3. The second-order valence-corrected chi connectivity index (χ2v) is 4.56. The number of hydrogen-bond donors (Lipinski definition) is 3. The van der Waals surface area contributed by atoms with Crippen molar-refractivity contribution in [3.8, 4) is 0 Å². The highest BCUT2D eigenvalue weighted by Crippen LogP contribution is 2.34. The number of anilines is 2. The summed E-state index contributed by atoms with van der Waals surface area (Å²) in [5.74, 6) is -0.765. The van der Waals surface area contributed by atoms with Crippen LogP contribution in [0.25, 0.3) is 0 Å². The van der Waals surface area contributed by atoms with Crippen LogP contribution < -0.4 is 10.6 Å². The third-order valence-electron chi connectivity index (χ3n) is 2.86. The number of hydrogen-bond acceptors (Lipinski definition) is 3. The Hall–Kier alpha value is -2.04. The van der Waals surface area contributed by atoms with E-state index in [1.807, 2.05) is 0 Å². The summed E-state index contributed by atoms with van der Waals surface area (Å²) in [6.07, 6.45) is 1.91. The van der Waals surface area contributed by atoms with Gasteiger partial charge in [0.15, 0.2) is 0 Å². The molecule has 0 aliphatic heterocycles. The van der Waals surface area contributed by atoms with E-state index in [9.17, 15) is 9.59 Å². The van der Waals surface area contributed by atoms with Gasteiger partial charge in [-0.25, -0.2) is 4.79 Å². The lowest BCUT2D eigenvalue weighted by Crippen LogP contribution is -2.31. The first-order valence-electron chi connectivity index (χ1n) is 5.93. The predicted octanol–water partition coefficient (Wildman–Crippen LogP) is 1.92. The Morgan fingerprint density at radius 2 is 2.00 bits per heavy atom. The molecule has 1 aliphatic carbocycles. The van der Waals surface area contributed by atoms with Crippen LogP contribution in [0.5, 0.6) is 0 Å². The summed E-state index contributed by atoms with van der Waals surface area (Å²) in [4.78, 5) is 22.1. The zero-order valence-electron chi connectivity index (χ0n) is 10.1. The summed E-state index contributed by atoms with van der Waals surface area (Å²) in [5.41, 5.74) is 1.37. The van der Waals surface area contributed by atoms with Gasteiger partial charge in [0, 0.05) is 18.3 Å². The van der Waals surface area contributed by atoms with Crippen LogP contribution in [0.3, 0.4) is 0 Å². The molecule has 0 heterocycles. The molecule has 0 radical (unpaired) electrons. The van der Waals surface area contributed by atoms with Gasteiger partial charge in [-0.15, -0.1) is 0 Å². The SMILES string of the molecule is CC(=O)Nc1cccc(NC(C(=O)O)C2CC2)c1. The molecule has 5 heteroatoms. The summed E-state index contributed by atoms with van der Waals surface area (Å²) in [6.45, 7) is 1.43. The lowest BCUT2D eigenvalue weighted by molar-refractivity contribution is -0.138. The largest absolute Gasteiger partial charge is 0.480 e. The van der Waals surface area contributed by atoms with Crippen molar-refractivity contribution in [1.82, 2.24) is 0 Å². The molecule has 1 saturated carbocycles. The number of rotatable bonds is 5. The van der Waals surface area contributed by atoms with E-state index in [-0.39, 0.29) is 11.8 Å². The van der Waals surface area contributed by atoms with Crippen LogP contribution in [0, 0.1) is 5.92 Å². The van der Waals surface area contributed by atoms with Gasteiger partial charge in [0.25, 0.3) is 0 Å². The van der Waals surface area contributed by atoms with Gasteiger partial charge in [-0.3, -0.25) is 4.79 Å². The van der Waals surface area contributed by atoms with Gasteiger partial charge in [-0.05, 0) is 37.0 Å². The van der Waals surface area contributed by atoms with E-state index >= 15 is 0 Å². The number of aliphatic carboxylic acids is 1. The van der Waals surface area contributed by atoms with Crippen LogP contribution in [0.15, 0.2) is 24.3 Å². The molecule has 1 aromatic rings. The monoisotopic (exact) mass is 248 g/mol. The topological polar surface area (TPSA) is 78.4 Å². The molecule has 1 fully saturated rings. The second kappa shape index (κ2) is 5.08. The van der Waals surface area contributed by atoms with Gasteiger partial charge in [0.05, 0.1) is 0 Å². The van der Waals surface area contributed by atoms with Gasteiger partial charge in [0.1, 0.15) is 6.04 Å². The first-order valence-corrected chi connectivity index (χ1v) is 5.93. The standard InChI is InChI=1S/C13H16N2O3/c1-8(16)14-10-3-2-4-11(7-10)15-12(13(17)18)9-5-6-9/h2-4,7,9,12,15H,5-6H2,1H3,(H,14,16)(H,17,18). The van der Waals surface area contributed by atoms with Gasteiger partial charge in [-0.2, -0.15) is 0 Å². The maximum absolute atomic E-state index is 11.1. The number of carbonyl (C=O) groups excluding carboxylic acids is 1. The first-order chi connectivity index (χ1) is 8.56. The first kappa shape index (κ1) is 12.4. The second-order valence-electron chi connectivity index (χ2n) is 4.56. The number of carbonyl (C=O) groups is 2. The number of amides is 1. The maximum Gasteiger partial charge on any atom is 0.326 e. The van der Waals surface area contributed by atoms with Gasteiger partial charge in [0.2, 0.25) is 5.91 Å². The molecule has 0 bridgehead atoms. The Labute approximate surface area is 105 Å². The van der Waals surface area contributed by atoms with Crippen LogP contribution in [0.1, 0.15) is 19.8 Å². The number of carboxylic acids is 1. The lowest BCUT2D eigenvalue weighted by atomic mass is 10.1. The van der Waals surface area contributed by atoms with Gasteiger partial charge < -0.3 is 15.7 Å². The van der Waals surface area contributed by atoms with Crippen LogP contribution >= 0.6 is 0 Å². The highest BCUT2D eigenvalue weighted by molar-refractivity contribution is 5.89. The van der Waals surface area contributed by atoms with Gasteiger partial charge >= 0.3 is 5.97 Å². The average molecular weight is 248 g/mol. The Balaban J connectivity index is 2.07. The molecule has 0 aromatic heterocycles. The number of nitrogens with one attached hydrogen (secondary N) is 2. The molecule has 1 aromatic carbocycles. The summed E-state index contributed by atoms with van der Waals surface area (Å²) in [7, 11) is 0. The molecule has 1 aliphatic rings. The van der Waals surface area contributed by atoms with Crippen LogP contribution in [0.4, 0.5) is 11.4 Å². The zero-order valence-corrected chi connectivity index (χ0v) is 10.1.